The fourth-order valence-electron chi connectivity index (χ4n) is 5.78. The average molecular weight is 489 g/mol. The summed E-state index contributed by atoms with van der Waals surface area (Å²) >= 11 is 0. The van der Waals surface area contributed by atoms with Crippen LogP contribution in [-0.4, -0.2) is 30.2 Å². The van der Waals surface area contributed by atoms with Crippen molar-refractivity contribution in [2.24, 2.45) is 23.7 Å². The maximum Gasteiger partial charge on any atom is 0.316 e. The van der Waals surface area contributed by atoms with E-state index in [1.54, 1.807) is 30.0 Å². The first-order valence-electron chi connectivity index (χ1n) is 12.7. The Kier molecular flexibility index (Phi) is 6.18. The standard InChI is InChI=1S/C29H32N2O5/c1-16-5-9-23-24(11-16)28(34)31(27(23)33)25-10-8-22(13-19(25)4)36-29(35)20-14-26(32)30(15-20)21-7-6-17(2)18(3)12-21/h6-8,10,12-13,16,20,23-24H,5,9,11,14-15H2,1-4H3/t16-,20+,23+,24+/m0/s1. The van der Waals surface area contributed by atoms with Crippen LogP contribution in [0.2, 0.25) is 0 Å². The highest BCUT2D eigenvalue weighted by Crippen LogP contribution is 2.43. The van der Waals surface area contributed by atoms with Crippen molar-refractivity contribution in [1.82, 2.24) is 0 Å². The summed E-state index contributed by atoms with van der Waals surface area (Å²) < 4.78 is 5.63. The number of carbonyl (C=O) groups excluding carboxylic acids is 4. The Balaban J connectivity index is 1.28. The van der Waals surface area contributed by atoms with Crippen LogP contribution >= 0.6 is 0 Å². The summed E-state index contributed by atoms with van der Waals surface area (Å²) in [7, 11) is 0. The molecule has 3 aliphatic rings. The van der Waals surface area contributed by atoms with Gasteiger partial charge in [0.1, 0.15) is 5.75 Å². The van der Waals surface area contributed by atoms with E-state index in [-0.39, 0.29) is 42.5 Å². The van der Waals surface area contributed by atoms with Crippen molar-refractivity contribution in [2.45, 2.75) is 53.4 Å². The number of carbonyl (C=O) groups is 4. The second kappa shape index (κ2) is 9.19. The molecular weight excluding hydrogens is 456 g/mol. The molecule has 4 atom stereocenters. The molecule has 0 aromatic heterocycles. The van der Waals surface area contributed by atoms with Crippen LogP contribution in [0.5, 0.6) is 5.75 Å². The van der Waals surface area contributed by atoms with Crippen LogP contribution in [0.4, 0.5) is 11.4 Å². The van der Waals surface area contributed by atoms with Crippen LogP contribution in [0.3, 0.4) is 0 Å². The number of amides is 3. The summed E-state index contributed by atoms with van der Waals surface area (Å²) in [4.78, 5) is 54.6. The van der Waals surface area contributed by atoms with Crippen molar-refractivity contribution in [3.63, 3.8) is 0 Å². The molecule has 7 nitrogen and oxygen atoms in total. The number of aryl methyl sites for hydroxylation is 3. The van der Waals surface area contributed by atoms with Gasteiger partial charge in [0, 0.05) is 18.7 Å². The number of imide groups is 1. The molecule has 2 aromatic carbocycles. The highest BCUT2D eigenvalue weighted by molar-refractivity contribution is 6.22. The van der Waals surface area contributed by atoms with Gasteiger partial charge in [0.2, 0.25) is 17.7 Å². The number of hydrogen-bond acceptors (Lipinski definition) is 5. The first-order chi connectivity index (χ1) is 17.1. The minimum atomic E-state index is -0.564. The Morgan fingerprint density at radius 3 is 2.36 bits per heavy atom. The quantitative estimate of drug-likeness (QED) is 0.360. The normalized spacial score (nSPS) is 25.9. The second-order valence-electron chi connectivity index (χ2n) is 10.7. The number of fused-ring (bicyclic) bond motifs is 1. The fourth-order valence-corrected chi connectivity index (χ4v) is 5.78. The van der Waals surface area contributed by atoms with Crippen molar-refractivity contribution >= 4 is 35.1 Å². The third kappa shape index (κ3) is 4.21. The van der Waals surface area contributed by atoms with Crippen molar-refractivity contribution in [1.29, 1.82) is 0 Å². The van der Waals surface area contributed by atoms with Crippen molar-refractivity contribution in [2.75, 3.05) is 16.3 Å². The van der Waals surface area contributed by atoms with E-state index in [0.29, 0.717) is 22.9 Å². The molecule has 0 unspecified atom stereocenters. The summed E-state index contributed by atoms with van der Waals surface area (Å²) in [5.41, 5.74) is 4.25. The van der Waals surface area contributed by atoms with Gasteiger partial charge in [-0.25, -0.2) is 4.90 Å². The average Bonchev–Trinajstić information content (AvgIpc) is 3.33. The van der Waals surface area contributed by atoms with Gasteiger partial charge in [-0.2, -0.15) is 0 Å². The maximum atomic E-state index is 13.1. The van der Waals surface area contributed by atoms with E-state index >= 15 is 0 Å². The van der Waals surface area contributed by atoms with E-state index in [4.69, 9.17) is 4.74 Å². The van der Waals surface area contributed by atoms with Gasteiger partial charge in [0.15, 0.2) is 0 Å². The Labute approximate surface area is 211 Å². The van der Waals surface area contributed by atoms with Crippen LogP contribution < -0.4 is 14.5 Å². The minimum Gasteiger partial charge on any atom is -0.426 e. The van der Waals surface area contributed by atoms with E-state index in [2.05, 4.69) is 6.92 Å². The number of rotatable bonds is 4. The molecule has 3 fully saturated rings. The zero-order valence-corrected chi connectivity index (χ0v) is 21.2. The molecule has 2 saturated heterocycles. The van der Waals surface area contributed by atoms with E-state index in [1.807, 2.05) is 32.0 Å². The van der Waals surface area contributed by atoms with E-state index < -0.39 is 11.9 Å². The van der Waals surface area contributed by atoms with Crippen LogP contribution in [0, 0.1) is 44.4 Å². The second-order valence-corrected chi connectivity index (χ2v) is 10.7. The van der Waals surface area contributed by atoms with Gasteiger partial charge in [0.05, 0.1) is 23.4 Å². The lowest BCUT2D eigenvalue weighted by molar-refractivity contribution is -0.139. The number of benzene rings is 2. The molecule has 3 amide bonds. The highest BCUT2D eigenvalue weighted by Gasteiger charge is 2.50. The lowest BCUT2D eigenvalue weighted by Crippen LogP contribution is -2.31. The topological polar surface area (TPSA) is 84.0 Å². The van der Waals surface area contributed by atoms with E-state index in [1.165, 1.54) is 4.90 Å². The molecule has 1 saturated carbocycles. The smallest absolute Gasteiger partial charge is 0.316 e. The van der Waals surface area contributed by atoms with Gasteiger partial charge in [-0.05, 0) is 93.0 Å². The summed E-state index contributed by atoms with van der Waals surface area (Å²) in [6, 6.07) is 10.8. The molecule has 0 spiro atoms. The van der Waals surface area contributed by atoms with Crippen LogP contribution in [0.25, 0.3) is 0 Å². The molecule has 7 heteroatoms. The van der Waals surface area contributed by atoms with Gasteiger partial charge >= 0.3 is 5.97 Å². The molecule has 0 N–H and O–H groups in total. The molecule has 36 heavy (non-hydrogen) atoms. The van der Waals surface area contributed by atoms with Gasteiger partial charge in [-0.15, -0.1) is 0 Å². The minimum absolute atomic E-state index is 0.0980. The fraction of sp³-hybridized carbons (Fsp3) is 0.448. The number of esters is 1. The predicted octanol–water partition coefficient (Wildman–Crippen LogP) is 4.50. The SMILES string of the molecule is Cc1ccc(N2C[C@H](C(=O)Oc3ccc(N4C(=O)[C@@H]5CC[C@H](C)C[C@H]5C4=O)c(C)c3)CC2=O)cc1C. The molecule has 188 valence electrons. The lowest BCUT2D eigenvalue weighted by Gasteiger charge is -2.25. The molecule has 0 radical (unpaired) electrons. The number of ether oxygens (including phenoxy) is 1. The van der Waals surface area contributed by atoms with Gasteiger partial charge in [-0.3, -0.25) is 19.2 Å². The summed E-state index contributed by atoms with van der Waals surface area (Å²) in [6.07, 6.45) is 2.56. The van der Waals surface area contributed by atoms with Crippen molar-refractivity contribution < 1.29 is 23.9 Å². The number of nitrogens with zero attached hydrogens (tertiary/aromatic N) is 2. The van der Waals surface area contributed by atoms with Crippen molar-refractivity contribution in [3.8, 4) is 5.75 Å². The van der Waals surface area contributed by atoms with Crippen LogP contribution in [0.1, 0.15) is 49.3 Å². The largest absolute Gasteiger partial charge is 0.426 e. The monoisotopic (exact) mass is 488 g/mol. The zero-order valence-electron chi connectivity index (χ0n) is 21.2. The summed E-state index contributed by atoms with van der Waals surface area (Å²) in [5, 5.41) is 0. The number of anilines is 2. The molecule has 0 bridgehead atoms. The van der Waals surface area contributed by atoms with Crippen LogP contribution in [0.15, 0.2) is 36.4 Å². The predicted molar refractivity (Wildman–Crippen MR) is 136 cm³/mol. The Hall–Kier alpha value is -3.48. The van der Waals surface area contributed by atoms with Gasteiger partial charge in [-0.1, -0.05) is 13.0 Å². The Morgan fingerprint density at radius 1 is 0.889 bits per heavy atom. The van der Waals surface area contributed by atoms with E-state index in [9.17, 15) is 19.2 Å². The van der Waals surface area contributed by atoms with Crippen molar-refractivity contribution in [3.05, 3.63) is 53.1 Å². The molecular formula is C29H32N2O5. The molecule has 1 aliphatic carbocycles. The molecule has 2 aliphatic heterocycles. The third-order valence-corrected chi connectivity index (χ3v) is 8.08. The van der Waals surface area contributed by atoms with Gasteiger partial charge < -0.3 is 9.64 Å². The first-order valence-corrected chi connectivity index (χ1v) is 12.7. The molecule has 2 aromatic rings. The molecule has 2 heterocycles. The van der Waals surface area contributed by atoms with E-state index in [0.717, 1.165) is 36.1 Å². The van der Waals surface area contributed by atoms with Gasteiger partial charge in [0.25, 0.3) is 0 Å². The first kappa shape index (κ1) is 24.2. The highest BCUT2D eigenvalue weighted by atomic mass is 16.5. The lowest BCUT2D eigenvalue weighted by atomic mass is 9.76. The van der Waals surface area contributed by atoms with Crippen LogP contribution in [-0.2, 0) is 19.2 Å². The maximum absolute atomic E-state index is 13.1. The number of hydrogen-bond donors (Lipinski definition) is 0. The Bertz CT molecular complexity index is 1270. The molecule has 5 rings (SSSR count). The summed E-state index contributed by atoms with van der Waals surface area (Å²) in [6.45, 7) is 8.22. The zero-order chi connectivity index (χ0) is 25.7. The third-order valence-electron chi connectivity index (χ3n) is 8.08. The summed E-state index contributed by atoms with van der Waals surface area (Å²) in [5.74, 6) is -1.07. The Morgan fingerprint density at radius 2 is 1.64 bits per heavy atom.